The second-order valence-electron chi connectivity index (χ2n) is 3.72. The SMILES string of the molecule is CCC(C)(C)C(Cl)c1cccs1. The van der Waals surface area contributed by atoms with Gasteiger partial charge in [-0.2, -0.15) is 0 Å². The standard InChI is InChI=1S/C10H15ClS/c1-4-10(2,3)9(11)8-6-5-7-12-8/h5-7,9H,4H2,1-3H3. The normalized spacial score (nSPS) is 14.7. The van der Waals surface area contributed by atoms with Gasteiger partial charge in [0.1, 0.15) is 0 Å². The predicted molar refractivity (Wildman–Crippen MR) is 57.0 cm³/mol. The van der Waals surface area contributed by atoms with Gasteiger partial charge in [0.25, 0.3) is 0 Å². The molecule has 0 aliphatic heterocycles. The minimum Gasteiger partial charge on any atom is -0.147 e. The topological polar surface area (TPSA) is 0 Å². The zero-order valence-corrected chi connectivity index (χ0v) is 9.38. The number of hydrogen-bond acceptors (Lipinski definition) is 1. The molecule has 2 heteroatoms. The Morgan fingerprint density at radius 1 is 1.58 bits per heavy atom. The molecule has 0 saturated carbocycles. The van der Waals surface area contributed by atoms with Crippen LogP contribution in [0.3, 0.4) is 0 Å². The molecule has 1 unspecified atom stereocenters. The van der Waals surface area contributed by atoms with Gasteiger partial charge in [-0.15, -0.1) is 22.9 Å². The summed E-state index contributed by atoms with van der Waals surface area (Å²) in [6.07, 6.45) is 1.11. The maximum Gasteiger partial charge on any atom is 0.0729 e. The number of rotatable bonds is 3. The first-order valence-corrected chi connectivity index (χ1v) is 5.57. The van der Waals surface area contributed by atoms with E-state index in [0.717, 1.165) is 6.42 Å². The van der Waals surface area contributed by atoms with Crippen molar-refractivity contribution >= 4 is 22.9 Å². The lowest BCUT2D eigenvalue weighted by molar-refractivity contribution is 0.339. The molecule has 1 rings (SSSR count). The highest BCUT2D eigenvalue weighted by Gasteiger charge is 2.27. The van der Waals surface area contributed by atoms with E-state index in [4.69, 9.17) is 11.6 Å². The first-order valence-electron chi connectivity index (χ1n) is 4.25. The Morgan fingerprint density at radius 2 is 2.25 bits per heavy atom. The predicted octanol–water partition coefficient (Wildman–Crippen LogP) is 4.46. The maximum absolute atomic E-state index is 6.35. The van der Waals surface area contributed by atoms with Crippen LogP contribution in [0.15, 0.2) is 17.5 Å². The summed E-state index contributed by atoms with van der Waals surface area (Å²) in [5.41, 5.74) is 0.201. The van der Waals surface area contributed by atoms with Crippen LogP contribution >= 0.6 is 22.9 Å². The molecule has 1 heterocycles. The molecule has 0 aromatic carbocycles. The molecule has 0 saturated heterocycles. The lowest BCUT2D eigenvalue weighted by Gasteiger charge is -2.27. The summed E-state index contributed by atoms with van der Waals surface area (Å²) < 4.78 is 0. The molecule has 0 amide bonds. The summed E-state index contributed by atoms with van der Waals surface area (Å²) in [7, 11) is 0. The van der Waals surface area contributed by atoms with E-state index < -0.39 is 0 Å². The molecule has 1 aromatic heterocycles. The number of halogens is 1. The number of alkyl halides is 1. The second kappa shape index (κ2) is 3.80. The molecule has 0 radical (unpaired) electrons. The Kier molecular flexibility index (Phi) is 3.19. The van der Waals surface area contributed by atoms with Gasteiger partial charge in [-0.1, -0.05) is 26.8 Å². The molecule has 12 heavy (non-hydrogen) atoms. The summed E-state index contributed by atoms with van der Waals surface area (Å²) in [4.78, 5) is 1.28. The fourth-order valence-corrected chi connectivity index (χ4v) is 2.29. The molecule has 0 fully saturated rings. The maximum atomic E-state index is 6.35. The molecule has 68 valence electrons. The highest BCUT2D eigenvalue weighted by Crippen LogP contribution is 2.42. The average molecular weight is 203 g/mol. The molecule has 0 aliphatic rings. The van der Waals surface area contributed by atoms with Gasteiger partial charge in [-0.05, 0) is 23.3 Å². The highest BCUT2D eigenvalue weighted by atomic mass is 35.5. The van der Waals surface area contributed by atoms with Gasteiger partial charge in [0.2, 0.25) is 0 Å². The van der Waals surface area contributed by atoms with Gasteiger partial charge in [0.05, 0.1) is 5.38 Å². The van der Waals surface area contributed by atoms with Crippen molar-refractivity contribution < 1.29 is 0 Å². The largest absolute Gasteiger partial charge is 0.147 e. The molecule has 1 atom stereocenters. The third-order valence-corrected chi connectivity index (χ3v) is 4.28. The van der Waals surface area contributed by atoms with Crippen molar-refractivity contribution in [2.24, 2.45) is 5.41 Å². The monoisotopic (exact) mass is 202 g/mol. The van der Waals surface area contributed by atoms with Crippen molar-refractivity contribution in [3.05, 3.63) is 22.4 Å². The third-order valence-electron chi connectivity index (χ3n) is 2.39. The van der Waals surface area contributed by atoms with Crippen LogP contribution in [-0.4, -0.2) is 0 Å². The van der Waals surface area contributed by atoms with Crippen molar-refractivity contribution in [1.29, 1.82) is 0 Å². The van der Waals surface area contributed by atoms with Gasteiger partial charge in [0.15, 0.2) is 0 Å². The van der Waals surface area contributed by atoms with Gasteiger partial charge < -0.3 is 0 Å². The Hall–Kier alpha value is -0.0100. The van der Waals surface area contributed by atoms with Gasteiger partial charge in [-0.25, -0.2) is 0 Å². The Morgan fingerprint density at radius 3 is 2.67 bits per heavy atom. The molecular formula is C10H15ClS. The minimum atomic E-state index is 0.155. The second-order valence-corrected chi connectivity index (χ2v) is 5.14. The number of hydrogen-bond donors (Lipinski definition) is 0. The van der Waals surface area contributed by atoms with Crippen molar-refractivity contribution in [3.63, 3.8) is 0 Å². The van der Waals surface area contributed by atoms with Crippen LogP contribution in [-0.2, 0) is 0 Å². The van der Waals surface area contributed by atoms with E-state index in [0.29, 0.717) is 0 Å². The van der Waals surface area contributed by atoms with E-state index in [2.05, 4.69) is 38.3 Å². The van der Waals surface area contributed by atoms with Crippen molar-refractivity contribution in [1.82, 2.24) is 0 Å². The van der Waals surface area contributed by atoms with Crippen LogP contribution in [0, 0.1) is 5.41 Å². The highest BCUT2D eigenvalue weighted by molar-refractivity contribution is 7.10. The summed E-state index contributed by atoms with van der Waals surface area (Å²) in [6.45, 7) is 6.61. The fourth-order valence-electron chi connectivity index (χ4n) is 1.000. The Bertz CT molecular complexity index is 226. The smallest absolute Gasteiger partial charge is 0.0729 e. The lowest BCUT2D eigenvalue weighted by Crippen LogP contribution is -2.15. The van der Waals surface area contributed by atoms with E-state index >= 15 is 0 Å². The molecule has 0 nitrogen and oxygen atoms in total. The summed E-state index contributed by atoms with van der Waals surface area (Å²) in [5, 5.41) is 2.23. The van der Waals surface area contributed by atoms with Crippen LogP contribution in [0.25, 0.3) is 0 Å². The summed E-state index contributed by atoms with van der Waals surface area (Å²) in [5.74, 6) is 0. The van der Waals surface area contributed by atoms with E-state index in [-0.39, 0.29) is 10.8 Å². The summed E-state index contributed by atoms with van der Waals surface area (Å²) in [6, 6.07) is 4.17. The zero-order chi connectivity index (χ0) is 9.19. The van der Waals surface area contributed by atoms with Crippen molar-refractivity contribution in [3.8, 4) is 0 Å². The molecule has 0 N–H and O–H groups in total. The van der Waals surface area contributed by atoms with Crippen LogP contribution in [0.5, 0.6) is 0 Å². The lowest BCUT2D eigenvalue weighted by atomic mass is 9.85. The van der Waals surface area contributed by atoms with Crippen LogP contribution in [0.4, 0.5) is 0 Å². The van der Waals surface area contributed by atoms with E-state index in [9.17, 15) is 0 Å². The molecule has 0 spiro atoms. The van der Waals surface area contributed by atoms with E-state index in [1.807, 2.05) is 0 Å². The van der Waals surface area contributed by atoms with Crippen LogP contribution in [0.1, 0.15) is 37.4 Å². The third kappa shape index (κ3) is 2.02. The minimum absolute atomic E-state index is 0.155. The fraction of sp³-hybridized carbons (Fsp3) is 0.600. The summed E-state index contributed by atoms with van der Waals surface area (Å²) >= 11 is 8.09. The van der Waals surface area contributed by atoms with Gasteiger partial charge in [-0.3, -0.25) is 0 Å². The van der Waals surface area contributed by atoms with E-state index in [1.165, 1.54) is 4.88 Å². The first-order chi connectivity index (χ1) is 5.58. The molecule has 1 aromatic rings. The van der Waals surface area contributed by atoms with Crippen LogP contribution < -0.4 is 0 Å². The van der Waals surface area contributed by atoms with Crippen LogP contribution in [0.2, 0.25) is 0 Å². The number of thiophene rings is 1. The van der Waals surface area contributed by atoms with Crippen molar-refractivity contribution in [2.75, 3.05) is 0 Å². The van der Waals surface area contributed by atoms with Crippen molar-refractivity contribution in [2.45, 2.75) is 32.6 Å². The zero-order valence-electron chi connectivity index (χ0n) is 7.80. The molecule has 0 bridgehead atoms. The Labute approximate surface area is 83.6 Å². The molecular weight excluding hydrogens is 188 g/mol. The van der Waals surface area contributed by atoms with E-state index in [1.54, 1.807) is 11.3 Å². The average Bonchev–Trinajstić information content (AvgIpc) is 2.55. The van der Waals surface area contributed by atoms with Gasteiger partial charge >= 0.3 is 0 Å². The quantitative estimate of drug-likeness (QED) is 0.635. The molecule has 0 aliphatic carbocycles. The first kappa shape index (κ1) is 10.1. The Balaban J connectivity index is 2.78. The van der Waals surface area contributed by atoms with Gasteiger partial charge in [0, 0.05) is 4.88 Å².